The number of esters is 1. The number of phenolic OH excluding ortho intramolecular Hbond substituents is 1. The number of allylic oxidation sites excluding steroid dienone is 1. The number of hydrogen-bond acceptors (Lipinski definition) is 4. The first-order valence-electron chi connectivity index (χ1n) is 9.33. The van der Waals surface area contributed by atoms with E-state index in [0.717, 1.165) is 25.7 Å². The Bertz CT molecular complexity index is 706. The zero-order chi connectivity index (χ0) is 18.5. The minimum Gasteiger partial charge on any atom is -0.508 e. The van der Waals surface area contributed by atoms with Gasteiger partial charge in [-0.2, -0.15) is 0 Å². The van der Waals surface area contributed by atoms with Crippen molar-refractivity contribution in [1.29, 1.82) is 0 Å². The number of benzene rings is 1. The van der Waals surface area contributed by atoms with Crippen LogP contribution in [-0.2, 0) is 9.53 Å². The lowest BCUT2D eigenvalue weighted by atomic mass is 9.95. The second-order valence-electron chi connectivity index (χ2n) is 7.04. The van der Waals surface area contributed by atoms with Crippen LogP contribution in [-0.4, -0.2) is 23.2 Å². The van der Waals surface area contributed by atoms with Crippen LogP contribution in [0.1, 0.15) is 63.5 Å². The van der Waals surface area contributed by atoms with Gasteiger partial charge in [-0.15, -0.1) is 0 Å². The molecule has 1 aromatic rings. The molecule has 0 aromatic heterocycles. The number of amides is 2. The van der Waals surface area contributed by atoms with Gasteiger partial charge in [-0.25, -0.2) is 9.59 Å². The summed E-state index contributed by atoms with van der Waals surface area (Å²) in [7, 11) is 0. The number of carbonyl (C=O) groups is 2. The molecule has 0 radical (unpaired) electrons. The fraction of sp³-hybridized carbons (Fsp3) is 0.500. The Morgan fingerprint density at radius 1 is 1.15 bits per heavy atom. The van der Waals surface area contributed by atoms with Crippen molar-refractivity contribution in [3.8, 4) is 5.75 Å². The highest BCUT2D eigenvalue weighted by Crippen LogP contribution is 2.30. The van der Waals surface area contributed by atoms with E-state index in [4.69, 9.17) is 4.74 Å². The molecule has 0 spiro atoms. The maximum Gasteiger partial charge on any atom is 0.338 e. The molecule has 6 heteroatoms. The van der Waals surface area contributed by atoms with Gasteiger partial charge >= 0.3 is 12.0 Å². The molecule has 1 aromatic carbocycles. The molecule has 0 saturated heterocycles. The Labute approximate surface area is 153 Å². The number of carbonyl (C=O) groups excluding carboxylic acids is 2. The predicted molar refractivity (Wildman–Crippen MR) is 97.4 cm³/mol. The molecule has 0 unspecified atom stereocenters. The quantitative estimate of drug-likeness (QED) is 0.719. The Morgan fingerprint density at radius 2 is 1.85 bits per heavy atom. The van der Waals surface area contributed by atoms with Crippen LogP contribution in [0.15, 0.2) is 35.5 Å². The van der Waals surface area contributed by atoms with Crippen LogP contribution in [0.2, 0.25) is 0 Å². The van der Waals surface area contributed by atoms with Crippen LogP contribution in [0.5, 0.6) is 5.75 Å². The summed E-state index contributed by atoms with van der Waals surface area (Å²) in [5, 5.41) is 15.2. The van der Waals surface area contributed by atoms with Gasteiger partial charge in [-0.05, 0) is 50.3 Å². The summed E-state index contributed by atoms with van der Waals surface area (Å²) in [4.78, 5) is 24.8. The van der Waals surface area contributed by atoms with Crippen LogP contribution >= 0.6 is 0 Å². The predicted octanol–water partition coefficient (Wildman–Crippen LogP) is 3.68. The van der Waals surface area contributed by atoms with Crippen LogP contribution < -0.4 is 10.6 Å². The number of phenols is 1. The molecule has 6 nitrogen and oxygen atoms in total. The van der Waals surface area contributed by atoms with Gasteiger partial charge < -0.3 is 20.5 Å². The third kappa shape index (κ3) is 4.36. The minimum absolute atomic E-state index is 0.0782. The molecule has 26 heavy (non-hydrogen) atoms. The monoisotopic (exact) mass is 358 g/mol. The lowest BCUT2D eigenvalue weighted by Gasteiger charge is -2.29. The highest BCUT2D eigenvalue weighted by molar-refractivity contribution is 5.95. The fourth-order valence-electron chi connectivity index (χ4n) is 3.67. The molecule has 1 heterocycles. The van der Waals surface area contributed by atoms with E-state index in [9.17, 15) is 14.7 Å². The van der Waals surface area contributed by atoms with Gasteiger partial charge in [0, 0.05) is 5.70 Å². The number of nitrogens with one attached hydrogen (secondary N) is 2. The first-order chi connectivity index (χ1) is 12.5. The molecule has 1 fully saturated rings. The molecule has 140 valence electrons. The van der Waals surface area contributed by atoms with Gasteiger partial charge in [0.05, 0.1) is 11.6 Å². The first kappa shape index (κ1) is 18.3. The zero-order valence-corrected chi connectivity index (χ0v) is 15.1. The summed E-state index contributed by atoms with van der Waals surface area (Å²) in [5.74, 6) is -0.324. The lowest BCUT2D eigenvalue weighted by molar-refractivity contribution is -0.145. The largest absolute Gasteiger partial charge is 0.508 e. The van der Waals surface area contributed by atoms with E-state index in [1.54, 1.807) is 31.2 Å². The zero-order valence-electron chi connectivity index (χ0n) is 15.1. The number of aromatic hydroxyl groups is 1. The van der Waals surface area contributed by atoms with Gasteiger partial charge in [0.25, 0.3) is 0 Å². The smallest absolute Gasteiger partial charge is 0.338 e. The van der Waals surface area contributed by atoms with Gasteiger partial charge in [-0.3, -0.25) is 0 Å². The maximum atomic E-state index is 12.9. The van der Waals surface area contributed by atoms with Crippen molar-refractivity contribution in [3.05, 3.63) is 41.1 Å². The van der Waals surface area contributed by atoms with E-state index >= 15 is 0 Å². The van der Waals surface area contributed by atoms with Crippen molar-refractivity contribution < 1.29 is 19.4 Å². The first-order valence-corrected chi connectivity index (χ1v) is 9.33. The molecule has 1 aliphatic carbocycles. The van der Waals surface area contributed by atoms with Crippen molar-refractivity contribution in [2.24, 2.45) is 0 Å². The Kier molecular flexibility index (Phi) is 5.81. The van der Waals surface area contributed by atoms with Crippen LogP contribution in [0.3, 0.4) is 0 Å². The van der Waals surface area contributed by atoms with Gasteiger partial charge in [-0.1, -0.05) is 31.4 Å². The van der Waals surface area contributed by atoms with Crippen molar-refractivity contribution >= 4 is 12.0 Å². The van der Waals surface area contributed by atoms with Gasteiger partial charge in [0.15, 0.2) is 0 Å². The van der Waals surface area contributed by atoms with Crippen LogP contribution in [0.25, 0.3) is 0 Å². The van der Waals surface area contributed by atoms with Crippen LogP contribution in [0, 0.1) is 0 Å². The summed E-state index contributed by atoms with van der Waals surface area (Å²) in [6.45, 7) is 1.70. The van der Waals surface area contributed by atoms with Crippen molar-refractivity contribution in [1.82, 2.24) is 10.6 Å². The molecule has 1 aliphatic heterocycles. The Balaban J connectivity index is 1.82. The van der Waals surface area contributed by atoms with Gasteiger partial charge in [0.1, 0.15) is 11.9 Å². The molecular formula is C20H26N2O4. The maximum absolute atomic E-state index is 12.9. The minimum atomic E-state index is -0.642. The summed E-state index contributed by atoms with van der Waals surface area (Å²) in [5.41, 5.74) is 1.51. The average molecular weight is 358 g/mol. The molecule has 1 saturated carbocycles. The normalized spacial score (nSPS) is 22.0. The van der Waals surface area contributed by atoms with Crippen molar-refractivity contribution in [2.45, 2.75) is 64.0 Å². The molecule has 0 bridgehead atoms. The molecule has 2 amide bonds. The van der Waals surface area contributed by atoms with E-state index in [-0.39, 0.29) is 17.9 Å². The number of rotatable bonds is 3. The van der Waals surface area contributed by atoms with E-state index in [2.05, 4.69) is 10.6 Å². The fourth-order valence-corrected chi connectivity index (χ4v) is 3.67. The number of ether oxygens (including phenoxy) is 1. The second kappa shape index (κ2) is 8.25. The van der Waals surface area contributed by atoms with Gasteiger partial charge in [0.2, 0.25) is 0 Å². The number of hydrogen-bond donors (Lipinski definition) is 3. The standard InChI is InChI=1S/C20H26N2O4/c1-13-17(19(24)26-16-10-5-3-2-4-6-11-16)18(22-20(25)21-13)14-8-7-9-15(23)12-14/h7-9,12,16,18,23H,2-6,10-11H2,1H3,(H2,21,22,25)/t18-/m0/s1. The average Bonchev–Trinajstić information content (AvgIpc) is 2.56. The Morgan fingerprint density at radius 3 is 2.54 bits per heavy atom. The Hall–Kier alpha value is -2.50. The van der Waals surface area contributed by atoms with Crippen LogP contribution in [0.4, 0.5) is 4.79 Å². The third-order valence-corrected chi connectivity index (χ3v) is 5.02. The SMILES string of the molecule is CC1=C(C(=O)OC2CCCCCCC2)[C@H](c2cccc(O)c2)NC(=O)N1. The molecular weight excluding hydrogens is 332 g/mol. The van der Waals surface area contributed by atoms with Crippen molar-refractivity contribution in [3.63, 3.8) is 0 Å². The highest BCUT2D eigenvalue weighted by Gasteiger charge is 2.33. The van der Waals surface area contributed by atoms with Crippen molar-refractivity contribution in [2.75, 3.05) is 0 Å². The van der Waals surface area contributed by atoms with E-state index in [1.165, 1.54) is 19.3 Å². The van der Waals surface area contributed by atoms with E-state index < -0.39 is 12.0 Å². The molecule has 3 N–H and O–H groups in total. The third-order valence-electron chi connectivity index (χ3n) is 5.02. The molecule has 1 atom stereocenters. The molecule has 2 aliphatic rings. The van der Waals surface area contributed by atoms with E-state index in [1.807, 2.05) is 0 Å². The highest BCUT2D eigenvalue weighted by atomic mass is 16.5. The summed E-state index contributed by atoms with van der Waals surface area (Å²) < 4.78 is 5.80. The topological polar surface area (TPSA) is 87.7 Å². The number of urea groups is 1. The van der Waals surface area contributed by atoms with E-state index in [0.29, 0.717) is 16.8 Å². The summed E-state index contributed by atoms with van der Waals surface area (Å²) in [6, 6.07) is 5.54. The summed E-state index contributed by atoms with van der Waals surface area (Å²) >= 11 is 0. The summed E-state index contributed by atoms with van der Waals surface area (Å²) in [6.07, 6.45) is 7.44. The molecule has 3 rings (SSSR count). The second-order valence-corrected chi connectivity index (χ2v) is 7.04. The lowest BCUT2D eigenvalue weighted by Crippen LogP contribution is -2.45.